The second kappa shape index (κ2) is 9.87. The minimum atomic E-state index is -0.927. The summed E-state index contributed by atoms with van der Waals surface area (Å²) < 4.78 is 24.8. The number of esters is 3. The molecule has 1 aliphatic carbocycles. The van der Waals surface area contributed by atoms with Gasteiger partial charge in [0.15, 0.2) is 12.2 Å². The van der Waals surface area contributed by atoms with Crippen LogP contribution in [0.1, 0.15) is 46.9 Å². The van der Waals surface area contributed by atoms with Crippen LogP contribution in [-0.2, 0) is 23.7 Å². The summed E-state index contributed by atoms with van der Waals surface area (Å²) in [4.78, 5) is 38.9. The topological polar surface area (TPSA) is 91.4 Å². The Kier molecular flexibility index (Phi) is 6.83. The average Bonchev–Trinajstić information content (AvgIpc) is 3.63. The van der Waals surface area contributed by atoms with Gasteiger partial charge in [-0.3, -0.25) is 0 Å². The van der Waals surface area contributed by atoms with E-state index in [0.717, 1.165) is 15.4 Å². The Balaban J connectivity index is 1.44. The number of fused-ring (bicyclic) bond motifs is 1. The molecule has 9 heteroatoms. The normalized spacial score (nSPS) is 26.8. The number of hydrogen-bond acceptors (Lipinski definition) is 7. The highest BCUT2D eigenvalue weighted by atomic mass is 79.9. The molecule has 5 atom stereocenters. The summed E-state index contributed by atoms with van der Waals surface area (Å²) in [5, 5.41) is 0. The van der Waals surface area contributed by atoms with Crippen LogP contribution in [-0.4, -0.2) is 48.4 Å². The Morgan fingerprint density at radius 3 is 1.94 bits per heavy atom. The summed E-state index contributed by atoms with van der Waals surface area (Å²) in [6.45, 7) is 2.01. The van der Waals surface area contributed by atoms with Gasteiger partial charge in [0.1, 0.15) is 18.3 Å². The molecular formula is C26H22Br2O7. The van der Waals surface area contributed by atoms with Gasteiger partial charge in [-0.2, -0.15) is 0 Å². The third kappa shape index (κ3) is 4.94. The molecule has 0 unspecified atom stereocenters. The van der Waals surface area contributed by atoms with Crippen molar-refractivity contribution in [3.8, 4) is 0 Å². The Hall–Kier alpha value is -2.49. The summed E-state index contributed by atoms with van der Waals surface area (Å²) in [6.07, 6.45) is -1.20. The maximum absolute atomic E-state index is 13.1. The number of halogens is 2. The Labute approximate surface area is 219 Å². The third-order valence-corrected chi connectivity index (χ3v) is 7.37. The molecule has 1 saturated heterocycles. The summed E-state index contributed by atoms with van der Waals surface area (Å²) in [7, 11) is 0. The van der Waals surface area contributed by atoms with Gasteiger partial charge in [0.25, 0.3) is 0 Å². The maximum Gasteiger partial charge on any atom is 0.338 e. The average molecular weight is 606 g/mol. The van der Waals surface area contributed by atoms with E-state index in [-0.39, 0.29) is 11.7 Å². The van der Waals surface area contributed by atoms with Crippen LogP contribution < -0.4 is 0 Å². The zero-order chi connectivity index (χ0) is 24.7. The fourth-order valence-electron chi connectivity index (χ4n) is 4.58. The highest BCUT2D eigenvalue weighted by molar-refractivity contribution is 9.10. The number of epoxide rings is 1. The lowest BCUT2D eigenvalue weighted by Gasteiger charge is -2.35. The summed E-state index contributed by atoms with van der Waals surface area (Å²) in [6, 6.07) is 13.6. The van der Waals surface area contributed by atoms with E-state index in [9.17, 15) is 14.4 Å². The zero-order valence-electron chi connectivity index (χ0n) is 18.7. The molecule has 2 aliphatic heterocycles. The number of carbonyl (C=O) groups excluding carboxylic acids is 3. The molecule has 5 rings (SSSR count). The smallest absolute Gasteiger partial charge is 0.338 e. The SMILES string of the molecule is CCC[C@@H]1CC2=C(C(=O)O1)[C@@H](OC(=O)c1ccc(Br)cc1)[C@@H]1O[C@@H]1[C@H]2OC(=O)c1ccc(Br)cc1. The van der Waals surface area contributed by atoms with Crippen molar-refractivity contribution in [1.29, 1.82) is 0 Å². The fraction of sp³-hybridized carbons (Fsp3) is 0.346. The number of benzene rings is 2. The second-order valence-corrected chi connectivity index (χ2v) is 10.5. The van der Waals surface area contributed by atoms with E-state index in [1.165, 1.54) is 0 Å². The monoisotopic (exact) mass is 604 g/mol. The predicted molar refractivity (Wildman–Crippen MR) is 132 cm³/mol. The lowest BCUT2D eigenvalue weighted by Crippen LogP contribution is -2.46. The Morgan fingerprint density at radius 1 is 0.886 bits per heavy atom. The number of cyclic esters (lactones) is 1. The van der Waals surface area contributed by atoms with Crippen LogP contribution >= 0.6 is 31.9 Å². The van der Waals surface area contributed by atoms with Crippen molar-refractivity contribution in [2.24, 2.45) is 0 Å². The van der Waals surface area contributed by atoms with Crippen LogP contribution in [0, 0.1) is 0 Å². The summed E-state index contributed by atoms with van der Waals surface area (Å²) in [5.74, 6) is -1.64. The molecule has 1 fully saturated rings. The minimum absolute atomic E-state index is 0.218. The van der Waals surface area contributed by atoms with Gasteiger partial charge in [0, 0.05) is 15.4 Å². The first-order chi connectivity index (χ1) is 16.9. The standard InChI is InChI=1S/C26H22Br2O7/c1-2-3-17-12-18-19(26(31)32-17)21(35-25(30)14-6-10-16(28)11-7-14)23-22(33-23)20(18)34-24(29)13-4-8-15(27)9-5-13/h4-11,17,20-23H,2-3,12H2,1H3/t17-,20+,21-,22-,23+/m1/s1. The van der Waals surface area contributed by atoms with E-state index in [1.54, 1.807) is 48.5 Å². The molecule has 182 valence electrons. The van der Waals surface area contributed by atoms with E-state index in [1.807, 2.05) is 6.92 Å². The lowest BCUT2D eigenvalue weighted by molar-refractivity contribution is -0.148. The van der Waals surface area contributed by atoms with Crippen molar-refractivity contribution in [2.45, 2.75) is 56.7 Å². The molecule has 0 aromatic heterocycles. The number of rotatable bonds is 6. The Bertz CT molecular complexity index is 1190. The summed E-state index contributed by atoms with van der Waals surface area (Å²) >= 11 is 6.70. The lowest BCUT2D eigenvalue weighted by atomic mass is 9.82. The first-order valence-electron chi connectivity index (χ1n) is 11.4. The largest absolute Gasteiger partial charge is 0.459 e. The van der Waals surface area contributed by atoms with E-state index < -0.39 is 42.3 Å². The van der Waals surface area contributed by atoms with Crippen molar-refractivity contribution in [1.82, 2.24) is 0 Å². The molecule has 7 nitrogen and oxygen atoms in total. The van der Waals surface area contributed by atoms with Gasteiger partial charge in [-0.25, -0.2) is 14.4 Å². The van der Waals surface area contributed by atoms with Gasteiger partial charge in [-0.1, -0.05) is 45.2 Å². The van der Waals surface area contributed by atoms with Crippen molar-refractivity contribution in [2.75, 3.05) is 0 Å². The van der Waals surface area contributed by atoms with Gasteiger partial charge in [0.2, 0.25) is 0 Å². The van der Waals surface area contributed by atoms with E-state index >= 15 is 0 Å². The number of hydrogen-bond donors (Lipinski definition) is 0. The van der Waals surface area contributed by atoms with Crippen molar-refractivity contribution in [3.63, 3.8) is 0 Å². The van der Waals surface area contributed by atoms with E-state index in [4.69, 9.17) is 18.9 Å². The van der Waals surface area contributed by atoms with Crippen LogP contribution in [0.2, 0.25) is 0 Å². The summed E-state index contributed by atoms with van der Waals surface area (Å²) in [5.41, 5.74) is 1.57. The number of ether oxygens (including phenoxy) is 4. The molecular weight excluding hydrogens is 584 g/mol. The minimum Gasteiger partial charge on any atom is -0.459 e. The van der Waals surface area contributed by atoms with E-state index in [0.29, 0.717) is 29.5 Å². The Morgan fingerprint density at radius 2 is 1.40 bits per heavy atom. The zero-order valence-corrected chi connectivity index (χ0v) is 21.9. The molecule has 2 aromatic rings. The molecule has 2 heterocycles. The van der Waals surface area contributed by atoms with E-state index in [2.05, 4.69) is 31.9 Å². The number of carbonyl (C=O) groups is 3. The third-order valence-electron chi connectivity index (χ3n) is 6.31. The van der Waals surface area contributed by atoms with Crippen molar-refractivity contribution in [3.05, 3.63) is 79.7 Å². The molecule has 2 aromatic carbocycles. The van der Waals surface area contributed by atoms with Crippen LogP contribution in [0.3, 0.4) is 0 Å². The fourth-order valence-corrected chi connectivity index (χ4v) is 5.11. The molecule has 0 radical (unpaired) electrons. The highest BCUT2D eigenvalue weighted by Crippen LogP contribution is 2.47. The first-order valence-corrected chi connectivity index (χ1v) is 13.0. The predicted octanol–water partition coefficient (Wildman–Crippen LogP) is 5.16. The molecule has 0 N–H and O–H groups in total. The maximum atomic E-state index is 13.1. The molecule has 0 spiro atoms. The van der Waals surface area contributed by atoms with Gasteiger partial charge < -0.3 is 18.9 Å². The van der Waals surface area contributed by atoms with Crippen LogP contribution in [0.5, 0.6) is 0 Å². The van der Waals surface area contributed by atoms with Gasteiger partial charge in [0.05, 0.1) is 16.7 Å². The molecule has 35 heavy (non-hydrogen) atoms. The van der Waals surface area contributed by atoms with Gasteiger partial charge >= 0.3 is 17.9 Å². The van der Waals surface area contributed by atoms with Gasteiger partial charge in [-0.05, 0) is 60.5 Å². The second-order valence-electron chi connectivity index (χ2n) is 8.69. The quantitative estimate of drug-likeness (QED) is 0.255. The van der Waals surface area contributed by atoms with Gasteiger partial charge in [-0.15, -0.1) is 0 Å². The highest BCUT2D eigenvalue weighted by Gasteiger charge is 2.62. The molecule has 0 bridgehead atoms. The van der Waals surface area contributed by atoms with Crippen LogP contribution in [0.25, 0.3) is 0 Å². The first kappa shape index (κ1) is 24.2. The van der Waals surface area contributed by atoms with Crippen LogP contribution in [0.4, 0.5) is 0 Å². The molecule has 0 amide bonds. The molecule has 0 saturated carbocycles. The van der Waals surface area contributed by atoms with Crippen molar-refractivity contribution >= 4 is 49.8 Å². The molecule has 3 aliphatic rings. The van der Waals surface area contributed by atoms with Crippen LogP contribution in [0.15, 0.2) is 68.6 Å². The van der Waals surface area contributed by atoms with Crippen molar-refractivity contribution < 1.29 is 33.3 Å².